The lowest BCUT2D eigenvalue weighted by molar-refractivity contribution is -0.117. The molecule has 0 spiro atoms. The third-order valence-electron chi connectivity index (χ3n) is 3.91. The Morgan fingerprint density at radius 3 is 2.66 bits per heavy atom. The van der Waals surface area contributed by atoms with Crippen LogP contribution in [0.4, 0.5) is 10.8 Å². The van der Waals surface area contributed by atoms with Crippen LogP contribution in [0.1, 0.15) is 18.2 Å². The zero-order chi connectivity index (χ0) is 20.6. The average molecular weight is 408 g/mol. The summed E-state index contributed by atoms with van der Waals surface area (Å²) in [6.45, 7) is 1.85. The smallest absolute Gasteiger partial charge is 0.244 e. The highest BCUT2D eigenvalue weighted by Gasteiger charge is 2.17. The number of thiazole rings is 1. The van der Waals surface area contributed by atoms with Crippen molar-refractivity contribution in [1.82, 2.24) is 15.3 Å². The van der Waals surface area contributed by atoms with Gasteiger partial charge in [0.1, 0.15) is 0 Å². The van der Waals surface area contributed by atoms with Crippen LogP contribution in [-0.4, -0.2) is 28.9 Å². The van der Waals surface area contributed by atoms with Gasteiger partial charge in [-0.05, 0) is 23.8 Å². The van der Waals surface area contributed by atoms with E-state index in [1.54, 1.807) is 35.7 Å². The van der Waals surface area contributed by atoms with Crippen molar-refractivity contribution in [2.45, 2.75) is 13.5 Å². The molecule has 2 heterocycles. The fourth-order valence-electron chi connectivity index (χ4n) is 2.50. The number of hydrogen-bond acceptors (Lipinski definition) is 6. The fourth-order valence-corrected chi connectivity index (χ4v) is 3.36. The number of rotatable bonds is 7. The Labute approximate surface area is 172 Å². The van der Waals surface area contributed by atoms with Crippen LogP contribution < -0.4 is 15.0 Å². The number of aromatic nitrogens is 2. The quantitative estimate of drug-likeness (QED) is 0.604. The molecule has 0 unspecified atom stereocenters. The summed E-state index contributed by atoms with van der Waals surface area (Å²) < 4.78 is 5.00. The average Bonchev–Trinajstić information content (AvgIpc) is 3.20. The molecule has 3 aromatic rings. The van der Waals surface area contributed by atoms with Gasteiger partial charge in [-0.3, -0.25) is 14.5 Å². The first-order chi connectivity index (χ1) is 14.1. The van der Waals surface area contributed by atoms with Crippen molar-refractivity contribution in [1.29, 1.82) is 0 Å². The van der Waals surface area contributed by atoms with Crippen LogP contribution in [0, 0.1) is 0 Å². The van der Waals surface area contributed by atoms with Crippen molar-refractivity contribution in [3.8, 4) is 5.88 Å². The molecule has 1 aromatic carbocycles. The largest absolute Gasteiger partial charge is 0.481 e. The van der Waals surface area contributed by atoms with Gasteiger partial charge in [0.2, 0.25) is 17.7 Å². The van der Waals surface area contributed by atoms with Crippen molar-refractivity contribution >= 4 is 40.0 Å². The van der Waals surface area contributed by atoms with Crippen LogP contribution in [0.25, 0.3) is 6.08 Å². The van der Waals surface area contributed by atoms with E-state index >= 15 is 0 Å². The molecule has 7 nitrogen and oxygen atoms in total. The molecule has 0 radical (unpaired) electrons. The Bertz CT molecular complexity index is 1000. The topological polar surface area (TPSA) is 84.4 Å². The first-order valence-corrected chi connectivity index (χ1v) is 9.71. The molecule has 0 aliphatic carbocycles. The molecule has 29 heavy (non-hydrogen) atoms. The van der Waals surface area contributed by atoms with Gasteiger partial charge in [-0.2, -0.15) is 0 Å². The molecule has 0 bridgehead atoms. The van der Waals surface area contributed by atoms with Gasteiger partial charge in [0.15, 0.2) is 5.13 Å². The summed E-state index contributed by atoms with van der Waals surface area (Å²) in [5.74, 6) is 0.142. The normalized spacial score (nSPS) is 10.7. The Morgan fingerprint density at radius 1 is 1.21 bits per heavy atom. The van der Waals surface area contributed by atoms with E-state index < -0.39 is 0 Å². The predicted molar refractivity (Wildman–Crippen MR) is 113 cm³/mol. The number of carbonyl (C=O) groups excluding carboxylic acids is 2. The van der Waals surface area contributed by atoms with Gasteiger partial charge in [0, 0.05) is 37.2 Å². The highest BCUT2D eigenvalue weighted by Crippen LogP contribution is 2.28. The van der Waals surface area contributed by atoms with E-state index in [-0.39, 0.29) is 11.8 Å². The molecule has 0 atom stereocenters. The van der Waals surface area contributed by atoms with Gasteiger partial charge in [-0.15, -0.1) is 11.3 Å². The van der Waals surface area contributed by atoms with Crippen molar-refractivity contribution < 1.29 is 14.3 Å². The van der Waals surface area contributed by atoms with E-state index in [9.17, 15) is 9.59 Å². The maximum Gasteiger partial charge on any atom is 0.244 e. The molecule has 2 amide bonds. The van der Waals surface area contributed by atoms with Crippen molar-refractivity contribution in [3.63, 3.8) is 0 Å². The standard InChI is InChI=1S/C21H20N4O3S/c1-15(26)25(18-6-4-3-5-7-18)21-24-17(14-29-21)9-10-19(27)22-12-16-8-11-20(28-2)23-13-16/h3-11,13-14H,12H2,1-2H3,(H,22,27)/b10-9+. The number of ether oxygens (including phenoxy) is 1. The van der Waals surface area contributed by atoms with Gasteiger partial charge in [0.05, 0.1) is 18.5 Å². The van der Waals surface area contributed by atoms with Crippen molar-refractivity contribution in [2.24, 2.45) is 0 Å². The molecule has 8 heteroatoms. The molecule has 0 saturated heterocycles. The third kappa shape index (κ3) is 5.49. The number of methoxy groups -OCH3 is 1. The van der Waals surface area contributed by atoms with E-state index in [4.69, 9.17) is 4.74 Å². The van der Waals surface area contributed by atoms with Crippen LogP contribution in [-0.2, 0) is 16.1 Å². The number of nitrogens with one attached hydrogen (secondary N) is 1. The van der Waals surface area contributed by atoms with Crippen LogP contribution in [0.15, 0.2) is 60.1 Å². The summed E-state index contributed by atoms with van der Waals surface area (Å²) in [4.78, 5) is 34.2. The Morgan fingerprint density at radius 2 is 2.00 bits per heavy atom. The second-order valence-electron chi connectivity index (χ2n) is 6.00. The lowest BCUT2D eigenvalue weighted by Crippen LogP contribution is -2.22. The number of hydrogen-bond donors (Lipinski definition) is 1. The highest BCUT2D eigenvalue weighted by atomic mass is 32.1. The first kappa shape index (κ1) is 20.2. The maximum absolute atomic E-state index is 12.1. The molecular weight excluding hydrogens is 388 g/mol. The second-order valence-corrected chi connectivity index (χ2v) is 6.84. The van der Waals surface area contributed by atoms with E-state index in [2.05, 4.69) is 15.3 Å². The number of pyridine rings is 1. The number of carbonyl (C=O) groups is 2. The summed E-state index contributed by atoms with van der Waals surface area (Å²) in [6, 6.07) is 12.9. The molecular formula is C21H20N4O3S. The highest BCUT2D eigenvalue weighted by molar-refractivity contribution is 7.14. The van der Waals surface area contributed by atoms with Gasteiger partial charge in [-0.25, -0.2) is 9.97 Å². The minimum atomic E-state index is -0.248. The number of benzene rings is 1. The zero-order valence-corrected chi connectivity index (χ0v) is 16.8. The first-order valence-electron chi connectivity index (χ1n) is 8.83. The minimum Gasteiger partial charge on any atom is -0.481 e. The molecule has 0 aliphatic rings. The van der Waals surface area contributed by atoms with E-state index in [0.29, 0.717) is 23.3 Å². The van der Waals surface area contributed by atoms with Gasteiger partial charge >= 0.3 is 0 Å². The van der Waals surface area contributed by atoms with Crippen LogP contribution >= 0.6 is 11.3 Å². The number of nitrogens with zero attached hydrogens (tertiary/aromatic N) is 3. The Balaban J connectivity index is 1.61. The van der Waals surface area contributed by atoms with E-state index in [0.717, 1.165) is 11.3 Å². The molecule has 1 N–H and O–H groups in total. The van der Waals surface area contributed by atoms with Crippen molar-refractivity contribution in [3.05, 3.63) is 71.4 Å². The predicted octanol–water partition coefficient (Wildman–Crippen LogP) is 3.56. The van der Waals surface area contributed by atoms with Gasteiger partial charge < -0.3 is 10.1 Å². The minimum absolute atomic E-state index is 0.132. The summed E-state index contributed by atoms with van der Waals surface area (Å²) in [7, 11) is 1.55. The summed E-state index contributed by atoms with van der Waals surface area (Å²) >= 11 is 1.34. The van der Waals surface area contributed by atoms with Crippen LogP contribution in [0.3, 0.4) is 0 Å². The number of para-hydroxylation sites is 1. The zero-order valence-electron chi connectivity index (χ0n) is 16.0. The van der Waals surface area contributed by atoms with E-state index in [1.165, 1.54) is 24.3 Å². The monoisotopic (exact) mass is 408 g/mol. The van der Waals surface area contributed by atoms with Crippen molar-refractivity contribution in [2.75, 3.05) is 12.0 Å². The molecule has 0 aliphatic heterocycles. The Kier molecular flexibility index (Phi) is 6.70. The van der Waals surface area contributed by atoms with Gasteiger partial charge in [0.25, 0.3) is 0 Å². The number of anilines is 2. The maximum atomic E-state index is 12.1. The molecule has 0 fully saturated rings. The number of amides is 2. The lowest BCUT2D eigenvalue weighted by Gasteiger charge is -2.17. The summed E-state index contributed by atoms with van der Waals surface area (Å²) in [5.41, 5.74) is 2.22. The fraction of sp³-hybridized carbons (Fsp3) is 0.143. The van der Waals surface area contributed by atoms with E-state index in [1.807, 2.05) is 36.4 Å². The molecule has 148 valence electrons. The van der Waals surface area contributed by atoms with Gasteiger partial charge in [-0.1, -0.05) is 24.3 Å². The SMILES string of the molecule is COc1ccc(CNC(=O)/C=C/c2csc(N(C(C)=O)c3ccccc3)n2)cn1. The Hall–Kier alpha value is -3.52. The summed E-state index contributed by atoms with van der Waals surface area (Å²) in [5, 5.41) is 5.13. The molecule has 3 rings (SSSR count). The molecule has 0 saturated carbocycles. The third-order valence-corrected chi connectivity index (χ3v) is 4.75. The van der Waals surface area contributed by atoms with Crippen LogP contribution in [0.2, 0.25) is 0 Å². The second kappa shape index (κ2) is 9.61. The lowest BCUT2D eigenvalue weighted by atomic mass is 10.3. The summed E-state index contributed by atoms with van der Waals surface area (Å²) in [6.07, 6.45) is 4.68. The van der Waals surface area contributed by atoms with Crippen LogP contribution in [0.5, 0.6) is 5.88 Å². The molecule has 2 aromatic heterocycles.